The predicted octanol–water partition coefficient (Wildman–Crippen LogP) is 1.17. The van der Waals surface area contributed by atoms with Gasteiger partial charge in [0.05, 0.1) is 18.8 Å². The fraction of sp³-hybridized carbons (Fsp3) is 0.909. The van der Waals surface area contributed by atoms with Crippen molar-refractivity contribution >= 4 is 18.3 Å². The van der Waals surface area contributed by atoms with E-state index >= 15 is 0 Å². The van der Waals surface area contributed by atoms with Gasteiger partial charge in [-0.3, -0.25) is 4.79 Å². The van der Waals surface area contributed by atoms with Gasteiger partial charge in [-0.15, -0.1) is 12.4 Å². The van der Waals surface area contributed by atoms with Crippen LogP contribution in [0.15, 0.2) is 0 Å². The number of nitrogens with two attached hydrogens (primary N) is 1. The quantitative estimate of drug-likeness (QED) is 0.818. The van der Waals surface area contributed by atoms with Gasteiger partial charge in [0, 0.05) is 19.0 Å². The van der Waals surface area contributed by atoms with Gasteiger partial charge in [-0.1, -0.05) is 0 Å². The Hall–Kier alpha value is -0.320. The number of carbonyl (C=O) groups excluding carboxylic acids is 1. The molecular weight excluding hydrogens is 228 g/mol. The number of rotatable bonds is 3. The van der Waals surface area contributed by atoms with Crippen molar-refractivity contribution in [1.82, 2.24) is 4.90 Å². The zero-order chi connectivity index (χ0) is 11.4. The molecule has 1 amide bonds. The third-order valence-electron chi connectivity index (χ3n) is 3.02. The molecule has 96 valence electrons. The fourth-order valence-electron chi connectivity index (χ4n) is 1.78. The minimum Gasteiger partial charge on any atom is -0.375 e. The second-order valence-electron chi connectivity index (χ2n) is 4.42. The van der Waals surface area contributed by atoms with Crippen LogP contribution in [-0.2, 0) is 9.53 Å². The first kappa shape index (κ1) is 15.7. The maximum Gasteiger partial charge on any atom is 0.223 e. The lowest BCUT2D eigenvalue weighted by Gasteiger charge is -2.38. The topological polar surface area (TPSA) is 55.6 Å². The summed E-state index contributed by atoms with van der Waals surface area (Å²) in [6.45, 7) is 7.33. The van der Waals surface area contributed by atoms with Crippen LogP contribution in [-0.4, -0.2) is 42.1 Å². The van der Waals surface area contributed by atoms with E-state index in [1.54, 1.807) is 0 Å². The van der Waals surface area contributed by atoms with E-state index in [4.69, 9.17) is 10.5 Å². The average Bonchev–Trinajstić information content (AvgIpc) is 2.18. The van der Waals surface area contributed by atoms with Gasteiger partial charge in [0.15, 0.2) is 0 Å². The molecule has 1 heterocycles. The first-order valence-electron chi connectivity index (χ1n) is 5.69. The highest BCUT2D eigenvalue weighted by Gasteiger charge is 2.28. The second-order valence-corrected chi connectivity index (χ2v) is 4.42. The van der Waals surface area contributed by atoms with Crippen LogP contribution < -0.4 is 5.73 Å². The molecule has 3 atom stereocenters. The van der Waals surface area contributed by atoms with Crippen LogP contribution in [0.1, 0.15) is 33.6 Å². The zero-order valence-corrected chi connectivity index (χ0v) is 11.1. The summed E-state index contributed by atoms with van der Waals surface area (Å²) in [4.78, 5) is 13.8. The van der Waals surface area contributed by atoms with E-state index in [-0.39, 0.29) is 36.5 Å². The number of amides is 1. The van der Waals surface area contributed by atoms with Crippen LogP contribution in [0.4, 0.5) is 0 Å². The molecular formula is C11H23ClN2O2. The average molecular weight is 251 g/mol. The molecule has 1 saturated heterocycles. The Labute approximate surface area is 104 Å². The van der Waals surface area contributed by atoms with E-state index in [0.29, 0.717) is 19.6 Å². The van der Waals surface area contributed by atoms with Crippen LogP contribution in [0, 0.1) is 0 Å². The van der Waals surface area contributed by atoms with Gasteiger partial charge in [-0.2, -0.15) is 0 Å². The van der Waals surface area contributed by atoms with Crippen LogP contribution in [0.5, 0.6) is 0 Å². The summed E-state index contributed by atoms with van der Waals surface area (Å²) in [6, 6.07) is 0.280. The van der Waals surface area contributed by atoms with Crippen molar-refractivity contribution in [2.45, 2.75) is 51.8 Å². The van der Waals surface area contributed by atoms with Gasteiger partial charge in [-0.05, 0) is 27.2 Å². The molecule has 1 aliphatic heterocycles. The van der Waals surface area contributed by atoms with Crippen molar-refractivity contribution in [1.29, 1.82) is 0 Å². The molecule has 0 aromatic rings. The molecule has 0 bridgehead atoms. The summed E-state index contributed by atoms with van der Waals surface area (Å²) < 4.78 is 5.48. The van der Waals surface area contributed by atoms with Crippen molar-refractivity contribution in [2.24, 2.45) is 5.73 Å². The van der Waals surface area contributed by atoms with Gasteiger partial charge < -0.3 is 15.4 Å². The Morgan fingerprint density at radius 3 is 2.75 bits per heavy atom. The molecule has 0 aromatic heterocycles. The number of carbonyl (C=O) groups is 1. The lowest BCUT2D eigenvalue weighted by Crippen LogP contribution is -2.51. The van der Waals surface area contributed by atoms with Crippen molar-refractivity contribution in [3.63, 3.8) is 0 Å². The normalized spacial score (nSPS) is 27.1. The van der Waals surface area contributed by atoms with Crippen molar-refractivity contribution in [2.75, 3.05) is 13.2 Å². The number of morpholine rings is 1. The fourth-order valence-corrected chi connectivity index (χ4v) is 1.78. The lowest BCUT2D eigenvalue weighted by molar-refractivity contribution is -0.144. The standard InChI is InChI=1S/C11H22N2O2.ClH/c1-8(12)4-5-11(14)13-6-7-15-10(3)9(13)2;/h8-10H,4-7,12H2,1-3H3;1H. The van der Waals surface area contributed by atoms with E-state index in [1.165, 1.54) is 0 Å². The highest BCUT2D eigenvalue weighted by Crippen LogP contribution is 2.15. The smallest absolute Gasteiger partial charge is 0.223 e. The third-order valence-corrected chi connectivity index (χ3v) is 3.02. The summed E-state index contributed by atoms with van der Waals surface area (Å²) in [6.07, 6.45) is 1.45. The zero-order valence-electron chi connectivity index (χ0n) is 10.3. The Morgan fingerprint density at radius 2 is 2.19 bits per heavy atom. The summed E-state index contributed by atoms with van der Waals surface area (Å²) in [5.41, 5.74) is 5.64. The lowest BCUT2D eigenvalue weighted by atomic mass is 10.1. The summed E-state index contributed by atoms with van der Waals surface area (Å²) in [7, 11) is 0. The summed E-state index contributed by atoms with van der Waals surface area (Å²) in [5, 5.41) is 0. The van der Waals surface area contributed by atoms with Crippen LogP contribution in [0.25, 0.3) is 0 Å². The molecule has 0 aromatic carbocycles. The van der Waals surface area contributed by atoms with Crippen molar-refractivity contribution in [3.8, 4) is 0 Å². The first-order chi connectivity index (χ1) is 7.02. The van der Waals surface area contributed by atoms with E-state index in [0.717, 1.165) is 6.42 Å². The molecule has 0 spiro atoms. The molecule has 1 fully saturated rings. The van der Waals surface area contributed by atoms with E-state index < -0.39 is 0 Å². The Kier molecular flexibility index (Phi) is 6.95. The molecule has 1 aliphatic rings. The molecule has 4 nitrogen and oxygen atoms in total. The minimum absolute atomic E-state index is 0. The Bertz CT molecular complexity index is 224. The van der Waals surface area contributed by atoms with E-state index in [1.807, 2.05) is 25.7 Å². The Balaban J connectivity index is 0.00000225. The Morgan fingerprint density at radius 1 is 1.56 bits per heavy atom. The van der Waals surface area contributed by atoms with E-state index in [2.05, 4.69) is 0 Å². The number of hydrogen-bond acceptors (Lipinski definition) is 3. The monoisotopic (exact) mass is 250 g/mol. The van der Waals surface area contributed by atoms with Crippen molar-refractivity contribution in [3.05, 3.63) is 0 Å². The number of halogens is 1. The predicted molar refractivity (Wildman–Crippen MR) is 66.7 cm³/mol. The van der Waals surface area contributed by atoms with Gasteiger partial charge in [-0.25, -0.2) is 0 Å². The van der Waals surface area contributed by atoms with Gasteiger partial charge in [0.25, 0.3) is 0 Å². The van der Waals surface area contributed by atoms with Gasteiger partial charge in [0.2, 0.25) is 5.91 Å². The molecule has 0 saturated carbocycles. The molecule has 0 radical (unpaired) electrons. The van der Waals surface area contributed by atoms with Gasteiger partial charge in [0.1, 0.15) is 0 Å². The highest BCUT2D eigenvalue weighted by molar-refractivity contribution is 5.85. The maximum absolute atomic E-state index is 11.9. The maximum atomic E-state index is 11.9. The second kappa shape index (κ2) is 7.09. The van der Waals surface area contributed by atoms with E-state index in [9.17, 15) is 4.79 Å². The SMILES string of the molecule is CC(N)CCC(=O)N1CCOC(C)C1C.Cl. The first-order valence-corrected chi connectivity index (χ1v) is 5.69. The number of hydrogen-bond donors (Lipinski definition) is 1. The molecule has 0 aliphatic carbocycles. The molecule has 16 heavy (non-hydrogen) atoms. The molecule has 5 heteroatoms. The largest absolute Gasteiger partial charge is 0.375 e. The van der Waals surface area contributed by atoms with Gasteiger partial charge >= 0.3 is 0 Å². The summed E-state index contributed by atoms with van der Waals surface area (Å²) >= 11 is 0. The van der Waals surface area contributed by atoms with Crippen LogP contribution >= 0.6 is 12.4 Å². The van der Waals surface area contributed by atoms with Crippen LogP contribution in [0.2, 0.25) is 0 Å². The molecule has 3 unspecified atom stereocenters. The van der Waals surface area contributed by atoms with Crippen molar-refractivity contribution < 1.29 is 9.53 Å². The highest BCUT2D eigenvalue weighted by atomic mass is 35.5. The number of ether oxygens (including phenoxy) is 1. The third kappa shape index (κ3) is 4.28. The summed E-state index contributed by atoms with van der Waals surface area (Å²) in [5.74, 6) is 0.204. The number of nitrogens with zero attached hydrogens (tertiary/aromatic N) is 1. The molecule has 1 rings (SSSR count). The molecule has 2 N–H and O–H groups in total. The minimum atomic E-state index is 0. The van der Waals surface area contributed by atoms with Crippen LogP contribution in [0.3, 0.4) is 0 Å².